The number of oxazole rings is 1. The van der Waals surface area contributed by atoms with E-state index in [1.165, 1.54) is 18.5 Å². The smallest absolute Gasteiger partial charge is 0.181 e. The Kier molecular flexibility index (Phi) is 5.64. The minimum atomic E-state index is -0.586. The highest BCUT2D eigenvalue weighted by Gasteiger charge is 2.41. The maximum Gasteiger partial charge on any atom is 0.181 e. The molecule has 33 heavy (non-hydrogen) atoms. The summed E-state index contributed by atoms with van der Waals surface area (Å²) >= 11 is 0. The summed E-state index contributed by atoms with van der Waals surface area (Å²) < 4.78 is 31.3. The number of hydrogen-bond donors (Lipinski definition) is 0. The van der Waals surface area contributed by atoms with Crippen LogP contribution in [0.15, 0.2) is 65.4 Å². The second-order valence-electron chi connectivity index (χ2n) is 8.77. The molecule has 0 saturated heterocycles. The van der Waals surface area contributed by atoms with Gasteiger partial charge in [-0.1, -0.05) is 24.3 Å². The molecule has 0 bridgehead atoms. The van der Waals surface area contributed by atoms with Crippen molar-refractivity contribution in [3.63, 3.8) is 0 Å². The molecular weight excluding hydrogens is 419 g/mol. The molecule has 170 valence electrons. The van der Waals surface area contributed by atoms with E-state index in [9.17, 15) is 4.39 Å². The normalized spacial score (nSPS) is 17.6. The SMILES string of the molecule is COc1cc2ocnc2cc1-c1ccc2c(c1)COC2(CCCN(C)C)c1ccc(F)cc1. The average molecular weight is 447 g/mol. The number of benzene rings is 3. The molecule has 1 aromatic heterocycles. The summed E-state index contributed by atoms with van der Waals surface area (Å²) in [7, 11) is 5.79. The van der Waals surface area contributed by atoms with E-state index >= 15 is 0 Å². The fourth-order valence-electron chi connectivity index (χ4n) is 4.79. The zero-order valence-electron chi connectivity index (χ0n) is 19.1. The lowest BCUT2D eigenvalue weighted by atomic mass is 9.81. The van der Waals surface area contributed by atoms with E-state index < -0.39 is 5.60 Å². The van der Waals surface area contributed by atoms with Gasteiger partial charge in [-0.15, -0.1) is 0 Å². The molecule has 0 N–H and O–H groups in total. The van der Waals surface area contributed by atoms with Crippen LogP contribution in [0, 0.1) is 5.82 Å². The summed E-state index contributed by atoms with van der Waals surface area (Å²) in [4.78, 5) is 6.46. The van der Waals surface area contributed by atoms with Crippen molar-refractivity contribution in [2.75, 3.05) is 27.7 Å². The van der Waals surface area contributed by atoms with E-state index in [-0.39, 0.29) is 5.82 Å². The zero-order valence-corrected chi connectivity index (χ0v) is 19.1. The molecule has 0 amide bonds. The number of halogens is 1. The Morgan fingerprint density at radius 3 is 2.67 bits per heavy atom. The molecular formula is C27H27FN2O3. The lowest BCUT2D eigenvalue weighted by Crippen LogP contribution is -2.28. The third-order valence-electron chi connectivity index (χ3n) is 6.42. The van der Waals surface area contributed by atoms with E-state index in [2.05, 4.69) is 42.2 Å². The number of hydrogen-bond acceptors (Lipinski definition) is 5. The van der Waals surface area contributed by atoms with Crippen LogP contribution >= 0.6 is 0 Å². The van der Waals surface area contributed by atoms with Gasteiger partial charge in [0.25, 0.3) is 0 Å². The van der Waals surface area contributed by atoms with Gasteiger partial charge in [0.2, 0.25) is 0 Å². The summed E-state index contributed by atoms with van der Waals surface area (Å²) in [6, 6.07) is 17.0. The van der Waals surface area contributed by atoms with Crippen LogP contribution in [-0.2, 0) is 16.9 Å². The minimum absolute atomic E-state index is 0.244. The first-order valence-electron chi connectivity index (χ1n) is 11.1. The van der Waals surface area contributed by atoms with Crippen LogP contribution in [0.3, 0.4) is 0 Å². The van der Waals surface area contributed by atoms with Crippen molar-refractivity contribution in [2.45, 2.75) is 25.0 Å². The van der Waals surface area contributed by atoms with E-state index in [0.29, 0.717) is 12.2 Å². The Labute approximate surface area is 192 Å². The summed E-state index contributed by atoms with van der Waals surface area (Å²) in [5.41, 5.74) is 6.12. The van der Waals surface area contributed by atoms with Crippen molar-refractivity contribution in [1.29, 1.82) is 0 Å². The molecule has 0 fully saturated rings. The Morgan fingerprint density at radius 1 is 1.09 bits per heavy atom. The monoisotopic (exact) mass is 446 g/mol. The van der Waals surface area contributed by atoms with Crippen molar-refractivity contribution in [2.24, 2.45) is 0 Å². The molecule has 0 aliphatic carbocycles. The standard InChI is InChI=1S/C27H27FN2O3/c1-30(2)12-4-11-27(20-6-8-21(28)9-7-20)23-10-5-18(13-19(23)16-33-27)22-14-24-26(32-17-29-24)15-25(22)31-3/h5-10,13-15,17H,4,11-12,16H2,1-3H3. The quantitative estimate of drug-likeness (QED) is 0.361. The first-order chi connectivity index (χ1) is 16.0. The molecule has 0 saturated carbocycles. The van der Waals surface area contributed by atoms with Crippen molar-refractivity contribution < 1.29 is 18.3 Å². The lowest BCUT2D eigenvalue weighted by Gasteiger charge is -2.31. The zero-order chi connectivity index (χ0) is 23.0. The van der Waals surface area contributed by atoms with Crippen LogP contribution in [0.25, 0.3) is 22.2 Å². The Morgan fingerprint density at radius 2 is 1.91 bits per heavy atom. The van der Waals surface area contributed by atoms with Gasteiger partial charge in [-0.05, 0) is 80.0 Å². The predicted octanol–water partition coefficient (Wildman–Crippen LogP) is 5.76. The van der Waals surface area contributed by atoms with Crippen molar-refractivity contribution in [3.05, 3.63) is 83.5 Å². The average Bonchev–Trinajstić information content (AvgIpc) is 3.43. The van der Waals surface area contributed by atoms with Gasteiger partial charge in [-0.3, -0.25) is 0 Å². The molecule has 1 aliphatic rings. The van der Waals surface area contributed by atoms with Crippen molar-refractivity contribution in [3.8, 4) is 16.9 Å². The topological polar surface area (TPSA) is 47.7 Å². The largest absolute Gasteiger partial charge is 0.496 e. The van der Waals surface area contributed by atoms with Crippen LogP contribution in [0.4, 0.5) is 4.39 Å². The fourth-order valence-corrected chi connectivity index (χ4v) is 4.79. The van der Waals surface area contributed by atoms with Gasteiger partial charge >= 0.3 is 0 Å². The molecule has 5 nitrogen and oxygen atoms in total. The molecule has 6 heteroatoms. The van der Waals surface area contributed by atoms with Crippen LogP contribution in [0.5, 0.6) is 5.75 Å². The Balaban J connectivity index is 1.57. The minimum Gasteiger partial charge on any atom is -0.496 e. The number of ether oxygens (including phenoxy) is 2. The van der Waals surface area contributed by atoms with Crippen molar-refractivity contribution >= 4 is 11.1 Å². The molecule has 1 unspecified atom stereocenters. The molecule has 1 atom stereocenters. The maximum atomic E-state index is 13.7. The molecule has 2 heterocycles. The molecule has 3 aromatic carbocycles. The second kappa shape index (κ2) is 8.61. The maximum absolute atomic E-state index is 13.7. The summed E-state index contributed by atoms with van der Waals surface area (Å²) in [6.45, 7) is 1.45. The Bertz CT molecular complexity index is 1280. The number of methoxy groups -OCH3 is 1. The van der Waals surface area contributed by atoms with E-state index in [1.54, 1.807) is 7.11 Å². The van der Waals surface area contributed by atoms with Gasteiger partial charge in [0.05, 0.1) is 13.7 Å². The molecule has 0 radical (unpaired) electrons. The molecule has 0 spiro atoms. The highest BCUT2D eigenvalue weighted by molar-refractivity contribution is 5.85. The summed E-state index contributed by atoms with van der Waals surface area (Å²) in [5, 5.41) is 0. The van der Waals surface area contributed by atoms with Gasteiger partial charge in [0.1, 0.15) is 22.7 Å². The molecule has 5 rings (SSSR count). The van der Waals surface area contributed by atoms with Crippen LogP contribution < -0.4 is 4.74 Å². The van der Waals surface area contributed by atoms with Crippen LogP contribution in [0.2, 0.25) is 0 Å². The number of fused-ring (bicyclic) bond motifs is 2. The van der Waals surface area contributed by atoms with E-state index in [0.717, 1.165) is 58.5 Å². The Hall–Kier alpha value is -3.22. The molecule has 1 aliphatic heterocycles. The van der Waals surface area contributed by atoms with Gasteiger partial charge in [0, 0.05) is 11.6 Å². The number of rotatable bonds is 7. The highest BCUT2D eigenvalue weighted by atomic mass is 19.1. The van der Waals surface area contributed by atoms with Gasteiger partial charge in [-0.25, -0.2) is 9.37 Å². The fraction of sp³-hybridized carbons (Fsp3) is 0.296. The first-order valence-corrected chi connectivity index (χ1v) is 11.1. The lowest BCUT2D eigenvalue weighted by molar-refractivity contribution is -0.0140. The van der Waals surface area contributed by atoms with E-state index in [4.69, 9.17) is 13.9 Å². The van der Waals surface area contributed by atoms with Gasteiger partial charge in [0.15, 0.2) is 12.0 Å². The number of nitrogens with zero attached hydrogens (tertiary/aromatic N) is 2. The van der Waals surface area contributed by atoms with E-state index in [1.807, 2.05) is 24.3 Å². The summed E-state index contributed by atoms with van der Waals surface area (Å²) in [5.74, 6) is 0.486. The van der Waals surface area contributed by atoms with Gasteiger partial charge in [-0.2, -0.15) is 0 Å². The molecule has 4 aromatic rings. The predicted molar refractivity (Wildman–Crippen MR) is 126 cm³/mol. The van der Waals surface area contributed by atoms with Gasteiger partial charge < -0.3 is 18.8 Å². The van der Waals surface area contributed by atoms with Crippen molar-refractivity contribution in [1.82, 2.24) is 9.88 Å². The highest BCUT2D eigenvalue weighted by Crippen LogP contribution is 2.47. The summed E-state index contributed by atoms with van der Waals surface area (Å²) in [6.07, 6.45) is 3.22. The third-order valence-corrected chi connectivity index (χ3v) is 6.42. The number of aromatic nitrogens is 1. The van der Waals surface area contributed by atoms with Crippen LogP contribution in [-0.4, -0.2) is 37.6 Å². The second-order valence-corrected chi connectivity index (χ2v) is 8.77. The van der Waals surface area contributed by atoms with Crippen LogP contribution in [0.1, 0.15) is 29.5 Å². The first kappa shape index (κ1) is 21.6. The third kappa shape index (κ3) is 3.90.